The molecule has 1 amide bonds. The van der Waals surface area contributed by atoms with Gasteiger partial charge in [-0.1, -0.05) is 13.0 Å². The molecule has 1 aliphatic heterocycles. The van der Waals surface area contributed by atoms with Gasteiger partial charge >= 0.3 is 0 Å². The first-order chi connectivity index (χ1) is 11.7. The van der Waals surface area contributed by atoms with Crippen LogP contribution in [0.5, 0.6) is 11.5 Å². The lowest BCUT2D eigenvalue weighted by Crippen LogP contribution is -2.26. The van der Waals surface area contributed by atoms with Crippen molar-refractivity contribution in [3.8, 4) is 11.5 Å². The SMILES string of the molecule is CCC(NC(=O)/C=C/c1ccc(I)o1)c1ccc2c(c1)OCCO2. The van der Waals surface area contributed by atoms with E-state index in [2.05, 4.69) is 27.9 Å². The summed E-state index contributed by atoms with van der Waals surface area (Å²) < 4.78 is 17.3. The molecule has 1 unspecified atom stereocenters. The quantitative estimate of drug-likeness (QED) is 0.567. The van der Waals surface area contributed by atoms with Crippen molar-refractivity contribution in [1.82, 2.24) is 5.32 Å². The zero-order valence-electron chi connectivity index (χ0n) is 13.3. The number of nitrogens with one attached hydrogen (secondary N) is 1. The van der Waals surface area contributed by atoms with E-state index in [-0.39, 0.29) is 11.9 Å². The average molecular weight is 439 g/mol. The van der Waals surface area contributed by atoms with Gasteiger partial charge in [0.2, 0.25) is 5.91 Å². The molecule has 1 aromatic carbocycles. The number of carbonyl (C=O) groups is 1. The van der Waals surface area contributed by atoms with Crippen molar-refractivity contribution in [2.75, 3.05) is 13.2 Å². The molecule has 2 aromatic rings. The Morgan fingerprint density at radius 1 is 1.25 bits per heavy atom. The minimum atomic E-state index is -0.164. The van der Waals surface area contributed by atoms with Crippen molar-refractivity contribution in [2.45, 2.75) is 19.4 Å². The molecule has 1 N–H and O–H groups in total. The van der Waals surface area contributed by atoms with Crippen molar-refractivity contribution >= 4 is 34.6 Å². The zero-order chi connectivity index (χ0) is 16.9. The lowest BCUT2D eigenvalue weighted by atomic mass is 10.0. The predicted octanol–water partition coefficient (Wildman–Crippen LogP) is 3.94. The summed E-state index contributed by atoms with van der Waals surface area (Å²) in [4.78, 5) is 12.2. The van der Waals surface area contributed by atoms with Gasteiger partial charge in [0.15, 0.2) is 15.3 Å². The lowest BCUT2D eigenvalue weighted by Gasteiger charge is -2.22. The number of hydrogen-bond donors (Lipinski definition) is 1. The van der Waals surface area contributed by atoms with Crippen LogP contribution in [0, 0.1) is 3.77 Å². The molecule has 0 aliphatic carbocycles. The summed E-state index contributed by atoms with van der Waals surface area (Å²) in [7, 11) is 0. The fourth-order valence-electron chi connectivity index (χ4n) is 2.49. The molecule has 1 atom stereocenters. The molecule has 0 radical (unpaired) electrons. The third kappa shape index (κ3) is 4.11. The van der Waals surface area contributed by atoms with Gasteiger partial charge in [-0.3, -0.25) is 4.79 Å². The number of fused-ring (bicyclic) bond motifs is 1. The Labute approximate surface area is 154 Å². The van der Waals surface area contributed by atoms with E-state index in [0.29, 0.717) is 19.0 Å². The van der Waals surface area contributed by atoms with Crippen LogP contribution in [0.15, 0.2) is 40.8 Å². The second kappa shape index (κ2) is 7.74. The van der Waals surface area contributed by atoms with Crippen LogP contribution in [0.2, 0.25) is 0 Å². The maximum absolute atomic E-state index is 12.2. The van der Waals surface area contributed by atoms with Crippen molar-refractivity contribution in [3.63, 3.8) is 0 Å². The molecule has 6 heteroatoms. The van der Waals surface area contributed by atoms with E-state index in [1.54, 1.807) is 6.08 Å². The van der Waals surface area contributed by atoms with Crippen LogP contribution in [-0.2, 0) is 4.79 Å². The van der Waals surface area contributed by atoms with Crippen molar-refractivity contribution in [2.24, 2.45) is 0 Å². The Kier molecular flexibility index (Phi) is 5.44. The first-order valence-electron chi connectivity index (χ1n) is 7.79. The summed E-state index contributed by atoms with van der Waals surface area (Å²) in [5.74, 6) is 1.97. The van der Waals surface area contributed by atoms with Crippen LogP contribution in [0.1, 0.15) is 30.7 Å². The topological polar surface area (TPSA) is 60.7 Å². The van der Waals surface area contributed by atoms with Crippen LogP contribution >= 0.6 is 22.6 Å². The van der Waals surface area contributed by atoms with Gasteiger partial charge in [0.25, 0.3) is 0 Å². The highest BCUT2D eigenvalue weighted by atomic mass is 127. The molecule has 24 heavy (non-hydrogen) atoms. The van der Waals surface area contributed by atoms with Crippen molar-refractivity contribution in [1.29, 1.82) is 0 Å². The molecule has 1 aromatic heterocycles. The second-order valence-electron chi connectivity index (χ2n) is 5.35. The molecule has 126 valence electrons. The Bertz CT molecular complexity index is 753. The third-order valence-corrected chi connectivity index (χ3v) is 4.27. The van der Waals surface area contributed by atoms with Gasteiger partial charge in [-0.25, -0.2) is 0 Å². The van der Waals surface area contributed by atoms with Crippen LogP contribution < -0.4 is 14.8 Å². The zero-order valence-corrected chi connectivity index (χ0v) is 15.4. The van der Waals surface area contributed by atoms with Gasteiger partial charge in [-0.15, -0.1) is 0 Å². The monoisotopic (exact) mass is 439 g/mol. The highest BCUT2D eigenvalue weighted by Crippen LogP contribution is 2.33. The third-order valence-electron chi connectivity index (χ3n) is 3.69. The molecule has 0 spiro atoms. The molecule has 5 nitrogen and oxygen atoms in total. The number of halogens is 1. The molecule has 0 saturated heterocycles. The number of amides is 1. The minimum Gasteiger partial charge on any atom is -0.486 e. The van der Waals surface area contributed by atoms with E-state index in [4.69, 9.17) is 13.9 Å². The van der Waals surface area contributed by atoms with Crippen molar-refractivity contribution in [3.05, 3.63) is 51.5 Å². The molecule has 0 fully saturated rings. The van der Waals surface area contributed by atoms with Crippen molar-refractivity contribution < 1.29 is 18.7 Å². The molecule has 1 aliphatic rings. The van der Waals surface area contributed by atoms with Gasteiger partial charge in [0, 0.05) is 6.08 Å². The summed E-state index contributed by atoms with van der Waals surface area (Å²) in [6, 6.07) is 9.36. The van der Waals surface area contributed by atoms with Crippen LogP contribution in [-0.4, -0.2) is 19.1 Å². The van der Waals surface area contributed by atoms with Gasteiger partial charge in [-0.05, 0) is 64.9 Å². The van der Waals surface area contributed by atoms with Gasteiger partial charge in [-0.2, -0.15) is 0 Å². The Morgan fingerprint density at radius 2 is 2.04 bits per heavy atom. The highest BCUT2D eigenvalue weighted by molar-refractivity contribution is 14.1. The van der Waals surface area contributed by atoms with E-state index in [9.17, 15) is 4.79 Å². The Hall–Kier alpha value is -1.96. The summed E-state index contributed by atoms with van der Waals surface area (Å²) in [6.45, 7) is 3.14. The molecule has 2 heterocycles. The van der Waals surface area contributed by atoms with Gasteiger partial charge in [0.05, 0.1) is 6.04 Å². The van der Waals surface area contributed by atoms with Gasteiger partial charge < -0.3 is 19.2 Å². The van der Waals surface area contributed by atoms with E-state index < -0.39 is 0 Å². The van der Waals surface area contributed by atoms with E-state index in [0.717, 1.165) is 27.3 Å². The molecule has 0 bridgehead atoms. The predicted molar refractivity (Wildman–Crippen MR) is 99.1 cm³/mol. The fourth-order valence-corrected chi connectivity index (χ4v) is 2.93. The molecular weight excluding hydrogens is 421 g/mol. The largest absolute Gasteiger partial charge is 0.486 e. The maximum Gasteiger partial charge on any atom is 0.244 e. The van der Waals surface area contributed by atoms with E-state index >= 15 is 0 Å². The molecular formula is C18H18INO4. The number of hydrogen-bond acceptors (Lipinski definition) is 4. The summed E-state index contributed by atoms with van der Waals surface area (Å²) in [5.41, 5.74) is 0.996. The summed E-state index contributed by atoms with van der Waals surface area (Å²) in [6.07, 6.45) is 3.92. The number of rotatable bonds is 5. The van der Waals surface area contributed by atoms with Crippen LogP contribution in [0.4, 0.5) is 0 Å². The first kappa shape index (κ1) is 16.9. The van der Waals surface area contributed by atoms with Gasteiger partial charge in [0.1, 0.15) is 19.0 Å². The maximum atomic E-state index is 12.2. The first-order valence-corrected chi connectivity index (χ1v) is 8.87. The normalized spacial score (nSPS) is 14.6. The molecule has 0 saturated carbocycles. The van der Waals surface area contributed by atoms with Crippen LogP contribution in [0.3, 0.4) is 0 Å². The smallest absolute Gasteiger partial charge is 0.244 e. The summed E-state index contributed by atoms with van der Waals surface area (Å²) in [5, 5.41) is 3.00. The lowest BCUT2D eigenvalue weighted by molar-refractivity contribution is -0.117. The average Bonchev–Trinajstić information content (AvgIpc) is 3.03. The summed E-state index contributed by atoms with van der Waals surface area (Å²) >= 11 is 2.09. The number of furan rings is 1. The standard InChI is InChI=1S/C18H18INO4/c1-2-14(12-3-6-15-16(11-12)23-10-9-22-15)20-18(21)8-5-13-4-7-17(19)24-13/h3-8,11,14H,2,9-10H2,1H3,(H,20,21)/b8-5+. The number of benzene rings is 1. The van der Waals surface area contributed by atoms with Crippen LogP contribution in [0.25, 0.3) is 6.08 Å². The second-order valence-corrected chi connectivity index (χ2v) is 6.41. The van der Waals surface area contributed by atoms with E-state index in [1.807, 2.05) is 37.3 Å². The fraction of sp³-hybridized carbons (Fsp3) is 0.278. The Balaban J connectivity index is 1.67. The number of carbonyl (C=O) groups excluding carboxylic acids is 1. The van der Waals surface area contributed by atoms with E-state index in [1.165, 1.54) is 6.08 Å². The minimum absolute atomic E-state index is 0.0882. The molecule has 3 rings (SSSR count). The number of ether oxygens (including phenoxy) is 2. The Morgan fingerprint density at radius 3 is 2.75 bits per heavy atom. The highest BCUT2D eigenvalue weighted by Gasteiger charge is 2.17.